The van der Waals surface area contributed by atoms with E-state index < -0.39 is 6.04 Å². The molecule has 1 aromatic carbocycles. The highest BCUT2D eigenvalue weighted by Crippen LogP contribution is 2.37. The van der Waals surface area contributed by atoms with Gasteiger partial charge in [-0.05, 0) is 55.8 Å². The Morgan fingerprint density at radius 2 is 1.82 bits per heavy atom. The van der Waals surface area contributed by atoms with Gasteiger partial charge in [0.25, 0.3) is 5.91 Å². The lowest BCUT2D eigenvalue weighted by Crippen LogP contribution is -2.57. The van der Waals surface area contributed by atoms with Gasteiger partial charge in [-0.25, -0.2) is 0 Å². The van der Waals surface area contributed by atoms with Gasteiger partial charge >= 0.3 is 0 Å². The van der Waals surface area contributed by atoms with Crippen molar-refractivity contribution in [1.82, 2.24) is 9.80 Å². The van der Waals surface area contributed by atoms with Gasteiger partial charge in [-0.2, -0.15) is 0 Å². The van der Waals surface area contributed by atoms with Gasteiger partial charge in [-0.15, -0.1) is 11.3 Å². The fraction of sp³-hybridized carbons (Fsp3) is 0.538. The second-order valence-electron chi connectivity index (χ2n) is 9.19. The van der Waals surface area contributed by atoms with Crippen molar-refractivity contribution >= 4 is 23.2 Å². The summed E-state index contributed by atoms with van der Waals surface area (Å²) in [6, 6.07) is 9.06. The van der Waals surface area contributed by atoms with Crippen LogP contribution in [0.1, 0.15) is 68.9 Å². The minimum atomic E-state index is -0.668. The molecular formula is C26H34N2O4S. The Morgan fingerprint density at radius 1 is 1.06 bits per heavy atom. The molecule has 2 heterocycles. The second-order valence-corrected chi connectivity index (χ2v) is 10.2. The Balaban J connectivity index is 1.70. The maximum Gasteiger partial charge on any atom is 0.250 e. The SMILES string of the molecule is COc1cc([C@@H]2C(=O)N(C3CCCCCC3)CC(=O)N2Cc2cccs2)ccc1OC(C)C. The van der Waals surface area contributed by atoms with Crippen LogP contribution in [-0.4, -0.2) is 47.4 Å². The molecule has 1 saturated heterocycles. The van der Waals surface area contributed by atoms with Crippen LogP contribution in [0.4, 0.5) is 0 Å². The fourth-order valence-corrected chi connectivity index (χ4v) is 5.61. The average Bonchev–Trinajstić information content (AvgIpc) is 3.16. The number of hydrogen-bond acceptors (Lipinski definition) is 5. The van der Waals surface area contributed by atoms with Crippen molar-refractivity contribution in [2.75, 3.05) is 13.7 Å². The van der Waals surface area contributed by atoms with Gasteiger partial charge in [0, 0.05) is 10.9 Å². The summed E-state index contributed by atoms with van der Waals surface area (Å²) in [7, 11) is 1.60. The molecule has 1 aliphatic heterocycles. The van der Waals surface area contributed by atoms with Gasteiger partial charge in [0.15, 0.2) is 11.5 Å². The van der Waals surface area contributed by atoms with Crippen LogP contribution in [0.3, 0.4) is 0 Å². The molecule has 6 nitrogen and oxygen atoms in total. The maximum atomic E-state index is 13.9. The van der Waals surface area contributed by atoms with Crippen LogP contribution in [0.5, 0.6) is 11.5 Å². The van der Waals surface area contributed by atoms with Gasteiger partial charge in [-0.3, -0.25) is 9.59 Å². The smallest absolute Gasteiger partial charge is 0.250 e. The Morgan fingerprint density at radius 3 is 2.45 bits per heavy atom. The Bertz CT molecular complexity index is 951. The maximum absolute atomic E-state index is 13.9. The summed E-state index contributed by atoms with van der Waals surface area (Å²) in [5, 5.41) is 2.00. The van der Waals surface area contributed by atoms with Crippen LogP contribution in [0, 0.1) is 0 Å². The van der Waals surface area contributed by atoms with E-state index in [0.29, 0.717) is 18.0 Å². The molecule has 0 spiro atoms. The van der Waals surface area contributed by atoms with E-state index in [9.17, 15) is 9.59 Å². The van der Waals surface area contributed by atoms with Crippen molar-refractivity contribution in [2.45, 2.75) is 77.1 Å². The number of piperazine rings is 1. The summed E-state index contributed by atoms with van der Waals surface area (Å²) in [5.41, 5.74) is 0.760. The molecule has 33 heavy (non-hydrogen) atoms. The molecule has 0 unspecified atom stereocenters. The Hall–Kier alpha value is -2.54. The fourth-order valence-electron chi connectivity index (χ4n) is 4.91. The first-order valence-electron chi connectivity index (χ1n) is 11.9. The molecule has 1 saturated carbocycles. The van der Waals surface area contributed by atoms with E-state index in [-0.39, 0.29) is 30.5 Å². The molecule has 0 N–H and O–H groups in total. The number of methoxy groups -OCH3 is 1. The third-order valence-electron chi connectivity index (χ3n) is 6.49. The van der Waals surface area contributed by atoms with E-state index in [1.807, 2.05) is 54.5 Å². The van der Waals surface area contributed by atoms with E-state index in [0.717, 1.165) is 36.1 Å². The first kappa shape index (κ1) is 23.6. The summed E-state index contributed by atoms with van der Waals surface area (Å²) in [5.74, 6) is 1.22. The lowest BCUT2D eigenvalue weighted by Gasteiger charge is -2.43. The zero-order valence-corrected chi connectivity index (χ0v) is 20.6. The molecule has 0 bridgehead atoms. The zero-order valence-electron chi connectivity index (χ0n) is 19.8. The van der Waals surface area contributed by atoms with E-state index >= 15 is 0 Å². The van der Waals surface area contributed by atoms with Gasteiger partial charge < -0.3 is 19.3 Å². The lowest BCUT2D eigenvalue weighted by atomic mass is 9.97. The van der Waals surface area contributed by atoms with Gasteiger partial charge in [-0.1, -0.05) is 37.8 Å². The highest BCUT2D eigenvalue weighted by Gasteiger charge is 2.43. The molecular weight excluding hydrogens is 436 g/mol. The number of nitrogens with zero attached hydrogens (tertiary/aromatic N) is 2. The first-order valence-corrected chi connectivity index (χ1v) is 12.8. The number of carbonyl (C=O) groups excluding carboxylic acids is 2. The van der Waals surface area contributed by atoms with Crippen LogP contribution < -0.4 is 9.47 Å². The summed E-state index contributed by atoms with van der Waals surface area (Å²) < 4.78 is 11.5. The third-order valence-corrected chi connectivity index (χ3v) is 7.35. The summed E-state index contributed by atoms with van der Waals surface area (Å²) in [6.45, 7) is 4.52. The zero-order chi connectivity index (χ0) is 23.4. The number of ether oxygens (including phenoxy) is 2. The molecule has 2 amide bonds. The standard InChI is InChI=1S/C26H34N2O4S/c1-18(2)32-22-13-12-19(15-23(22)31-3)25-26(30)27(20-9-6-4-5-7-10-20)17-24(29)28(25)16-21-11-8-14-33-21/h8,11-15,18,20,25H,4-7,9-10,16-17H2,1-3H3/t25-/m1/s1. The number of amides is 2. The molecule has 178 valence electrons. The number of rotatable bonds is 7. The number of benzene rings is 1. The monoisotopic (exact) mass is 470 g/mol. The number of thiophene rings is 1. The van der Waals surface area contributed by atoms with E-state index in [1.54, 1.807) is 23.3 Å². The molecule has 4 rings (SSSR count). The largest absolute Gasteiger partial charge is 0.493 e. The second kappa shape index (κ2) is 10.6. The van der Waals surface area contributed by atoms with Crippen molar-refractivity contribution in [3.8, 4) is 11.5 Å². The van der Waals surface area contributed by atoms with Crippen LogP contribution in [0.2, 0.25) is 0 Å². The minimum Gasteiger partial charge on any atom is -0.493 e. The topological polar surface area (TPSA) is 59.1 Å². The predicted octanol–water partition coefficient (Wildman–Crippen LogP) is 5.18. The number of hydrogen-bond donors (Lipinski definition) is 0. The van der Waals surface area contributed by atoms with Gasteiger partial charge in [0.05, 0.1) is 19.8 Å². The molecule has 7 heteroatoms. The van der Waals surface area contributed by atoms with Crippen molar-refractivity contribution < 1.29 is 19.1 Å². The van der Waals surface area contributed by atoms with Crippen molar-refractivity contribution in [3.63, 3.8) is 0 Å². The van der Waals surface area contributed by atoms with Crippen molar-refractivity contribution in [2.24, 2.45) is 0 Å². The van der Waals surface area contributed by atoms with Crippen LogP contribution in [0.25, 0.3) is 0 Å². The Labute approximate surface area is 200 Å². The summed E-state index contributed by atoms with van der Waals surface area (Å²) in [4.78, 5) is 32.0. The molecule has 2 aromatic rings. The average molecular weight is 471 g/mol. The molecule has 2 aliphatic rings. The molecule has 1 atom stereocenters. The quantitative estimate of drug-likeness (QED) is 0.523. The minimum absolute atomic E-state index is 0.00118. The van der Waals surface area contributed by atoms with E-state index in [2.05, 4.69) is 0 Å². The van der Waals surface area contributed by atoms with Gasteiger partial charge in [0.2, 0.25) is 5.91 Å². The van der Waals surface area contributed by atoms with Crippen molar-refractivity contribution in [3.05, 3.63) is 46.2 Å². The van der Waals surface area contributed by atoms with Crippen LogP contribution in [-0.2, 0) is 16.1 Å². The predicted molar refractivity (Wildman–Crippen MR) is 130 cm³/mol. The van der Waals surface area contributed by atoms with Crippen molar-refractivity contribution in [1.29, 1.82) is 0 Å². The summed E-state index contributed by atoms with van der Waals surface area (Å²) in [6.07, 6.45) is 6.58. The van der Waals surface area contributed by atoms with Crippen LogP contribution in [0.15, 0.2) is 35.7 Å². The molecule has 2 fully saturated rings. The van der Waals surface area contributed by atoms with E-state index in [1.165, 1.54) is 12.8 Å². The molecule has 0 radical (unpaired) electrons. The molecule has 1 aromatic heterocycles. The lowest BCUT2D eigenvalue weighted by molar-refractivity contribution is -0.159. The third kappa shape index (κ3) is 5.35. The molecule has 1 aliphatic carbocycles. The van der Waals surface area contributed by atoms with Crippen LogP contribution >= 0.6 is 11.3 Å². The highest BCUT2D eigenvalue weighted by atomic mass is 32.1. The first-order chi connectivity index (χ1) is 16.0. The highest BCUT2D eigenvalue weighted by molar-refractivity contribution is 7.09. The number of carbonyl (C=O) groups is 2. The van der Waals surface area contributed by atoms with Gasteiger partial charge in [0.1, 0.15) is 12.6 Å². The van der Waals surface area contributed by atoms with E-state index in [4.69, 9.17) is 9.47 Å². The Kier molecular flexibility index (Phi) is 7.58. The normalized spacial score (nSPS) is 20.3. The summed E-state index contributed by atoms with van der Waals surface area (Å²) >= 11 is 1.60.